The molecule has 1 saturated heterocycles. The fraction of sp³-hybridized carbons (Fsp3) is 0.333. The van der Waals surface area contributed by atoms with Crippen LogP contribution in [0.2, 0.25) is 0 Å². The molecule has 3 amide bonds. The summed E-state index contributed by atoms with van der Waals surface area (Å²) in [7, 11) is 2.81. The van der Waals surface area contributed by atoms with Crippen LogP contribution in [0.4, 0.5) is 5.69 Å². The first kappa shape index (κ1) is 25.3. The highest BCUT2D eigenvalue weighted by atomic mass is 16.5. The fourth-order valence-electron chi connectivity index (χ4n) is 3.52. The fourth-order valence-corrected chi connectivity index (χ4v) is 3.52. The van der Waals surface area contributed by atoms with Crippen molar-refractivity contribution < 1.29 is 38.1 Å². The van der Waals surface area contributed by atoms with Gasteiger partial charge in [-0.05, 0) is 31.2 Å². The van der Waals surface area contributed by atoms with Crippen molar-refractivity contribution in [3.63, 3.8) is 0 Å². The average molecular weight is 485 g/mol. The smallest absolute Gasteiger partial charge is 0.311 e. The highest BCUT2D eigenvalue weighted by molar-refractivity contribution is 6.01. The number of ether oxygens (including phenoxy) is 4. The Kier molecular flexibility index (Phi) is 8.49. The third kappa shape index (κ3) is 6.19. The Morgan fingerprint density at radius 1 is 1.00 bits per heavy atom. The van der Waals surface area contributed by atoms with Gasteiger partial charge < -0.3 is 24.3 Å². The standard InChI is InChI=1S/C24H27N3O8/c1-4-34-17-9-6-5-8-16(17)25-20(28)14-35-24(31)15-12-21(29)27(13-15)26-23(30)22-18(32-2)10-7-11-19(22)33-3/h5-11,15H,4,12-14H2,1-3H3,(H,25,28)(H,26,30)/t15-/m1/s1. The number of esters is 1. The van der Waals surface area contributed by atoms with Gasteiger partial charge in [0.15, 0.2) is 6.61 Å². The molecule has 11 nitrogen and oxygen atoms in total. The molecule has 0 aliphatic carbocycles. The minimum atomic E-state index is -0.842. The molecule has 1 aliphatic rings. The molecular formula is C24H27N3O8. The van der Waals surface area contributed by atoms with Crippen molar-refractivity contribution in [2.45, 2.75) is 13.3 Å². The van der Waals surface area contributed by atoms with E-state index < -0.39 is 36.2 Å². The number of nitrogens with one attached hydrogen (secondary N) is 2. The predicted molar refractivity (Wildman–Crippen MR) is 124 cm³/mol. The molecule has 1 aliphatic heterocycles. The summed E-state index contributed by atoms with van der Waals surface area (Å²) in [6.07, 6.45) is -0.170. The molecule has 35 heavy (non-hydrogen) atoms. The lowest BCUT2D eigenvalue weighted by atomic mass is 10.1. The van der Waals surface area contributed by atoms with Gasteiger partial charge in [0.05, 0.1) is 39.0 Å². The van der Waals surface area contributed by atoms with E-state index in [1.54, 1.807) is 42.5 Å². The van der Waals surface area contributed by atoms with Gasteiger partial charge in [0.25, 0.3) is 11.8 Å². The first-order valence-corrected chi connectivity index (χ1v) is 10.9. The van der Waals surface area contributed by atoms with Crippen molar-refractivity contribution in [3.8, 4) is 17.2 Å². The molecule has 0 bridgehead atoms. The Balaban J connectivity index is 1.55. The molecule has 0 saturated carbocycles. The van der Waals surface area contributed by atoms with Crippen LogP contribution in [0.3, 0.4) is 0 Å². The van der Waals surface area contributed by atoms with E-state index in [0.29, 0.717) is 18.0 Å². The lowest BCUT2D eigenvalue weighted by Gasteiger charge is -2.19. The second kappa shape index (κ2) is 11.7. The molecule has 1 atom stereocenters. The van der Waals surface area contributed by atoms with Crippen LogP contribution in [0, 0.1) is 5.92 Å². The first-order valence-electron chi connectivity index (χ1n) is 10.9. The third-order valence-corrected chi connectivity index (χ3v) is 5.16. The van der Waals surface area contributed by atoms with Crippen molar-refractivity contribution >= 4 is 29.4 Å². The molecule has 2 aromatic carbocycles. The van der Waals surface area contributed by atoms with Gasteiger partial charge in [-0.3, -0.25) is 29.6 Å². The summed E-state index contributed by atoms with van der Waals surface area (Å²) in [5.74, 6) is -2.19. The van der Waals surface area contributed by atoms with Gasteiger partial charge in [0, 0.05) is 6.42 Å². The highest BCUT2D eigenvalue weighted by Crippen LogP contribution is 2.29. The van der Waals surface area contributed by atoms with E-state index in [1.807, 2.05) is 6.92 Å². The molecule has 3 rings (SSSR count). The SMILES string of the molecule is CCOc1ccccc1NC(=O)COC(=O)[C@@H]1CC(=O)N(NC(=O)c2c(OC)cccc2OC)C1. The second-order valence-electron chi connectivity index (χ2n) is 7.47. The van der Waals surface area contributed by atoms with Gasteiger partial charge in [0.1, 0.15) is 22.8 Å². The van der Waals surface area contributed by atoms with E-state index in [4.69, 9.17) is 18.9 Å². The Labute approximate surface area is 202 Å². The molecular weight excluding hydrogens is 458 g/mol. The Hall–Kier alpha value is -4.28. The summed E-state index contributed by atoms with van der Waals surface area (Å²) >= 11 is 0. The van der Waals surface area contributed by atoms with E-state index in [0.717, 1.165) is 5.01 Å². The number of hydrogen-bond donors (Lipinski definition) is 2. The molecule has 186 valence electrons. The molecule has 0 unspecified atom stereocenters. The zero-order valence-electron chi connectivity index (χ0n) is 19.7. The van der Waals surface area contributed by atoms with E-state index in [-0.39, 0.29) is 30.0 Å². The molecule has 2 aromatic rings. The summed E-state index contributed by atoms with van der Waals surface area (Å²) < 4.78 is 21.0. The summed E-state index contributed by atoms with van der Waals surface area (Å²) in [6.45, 7) is 1.61. The zero-order valence-corrected chi connectivity index (χ0v) is 19.7. The van der Waals surface area contributed by atoms with Crippen LogP contribution in [0.5, 0.6) is 17.2 Å². The highest BCUT2D eigenvalue weighted by Gasteiger charge is 2.37. The lowest BCUT2D eigenvalue weighted by molar-refractivity contribution is -0.151. The van der Waals surface area contributed by atoms with Gasteiger partial charge in [-0.2, -0.15) is 0 Å². The van der Waals surface area contributed by atoms with Crippen molar-refractivity contribution in [1.82, 2.24) is 10.4 Å². The number of hydrazine groups is 1. The Bertz CT molecular complexity index is 1080. The summed E-state index contributed by atoms with van der Waals surface area (Å²) in [5.41, 5.74) is 3.04. The average Bonchev–Trinajstić information content (AvgIpc) is 3.23. The summed E-state index contributed by atoms with van der Waals surface area (Å²) in [6, 6.07) is 11.7. The quantitative estimate of drug-likeness (QED) is 0.487. The zero-order chi connectivity index (χ0) is 25.4. The van der Waals surface area contributed by atoms with Gasteiger partial charge in [-0.15, -0.1) is 0 Å². The first-order chi connectivity index (χ1) is 16.9. The van der Waals surface area contributed by atoms with Crippen LogP contribution in [-0.4, -0.2) is 62.7 Å². The van der Waals surface area contributed by atoms with E-state index in [9.17, 15) is 19.2 Å². The number of rotatable bonds is 10. The van der Waals surface area contributed by atoms with Crippen LogP contribution in [-0.2, 0) is 19.1 Å². The molecule has 11 heteroatoms. The number of carbonyl (C=O) groups is 4. The van der Waals surface area contributed by atoms with Gasteiger partial charge >= 0.3 is 5.97 Å². The maximum absolute atomic E-state index is 12.8. The second-order valence-corrected chi connectivity index (χ2v) is 7.47. The van der Waals surface area contributed by atoms with E-state index in [2.05, 4.69) is 10.7 Å². The molecule has 0 spiro atoms. The Morgan fingerprint density at radius 2 is 1.66 bits per heavy atom. The number of para-hydroxylation sites is 2. The largest absolute Gasteiger partial charge is 0.496 e. The molecule has 0 radical (unpaired) electrons. The predicted octanol–water partition coefficient (Wildman–Crippen LogP) is 1.78. The van der Waals surface area contributed by atoms with Crippen LogP contribution in [0.1, 0.15) is 23.7 Å². The topological polar surface area (TPSA) is 132 Å². The minimum Gasteiger partial charge on any atom is -0.496 e. The van der Waals surface area contributed by atoms with Gasteiger partial charge in [-0.1, -0.05) is 18.2 Å². The number of benzene rings is 2. The van der Waals surface area contributed by atoms with Crippen molar-refractivity contribution in [1.29, 1.82) is 0 Å². The molecule has 1 fully saturated rings. The molecule has 2 N–H and O–H groups in total. The minimum absolute atomic E-state index is 0.102. The molecule has 0 aromatic heterocycles. The number of carbonyl (C=O) groups excluding carboxylic acids is 4. The lowest BCUT2D eigenvalue weighted by Crippen LogP contribution is -2.43. The van der Waals surface area contributed by atoms with Crippen LogP contribution in [0.25, 0.3) is 0 Å². The van der Waals surface area contributed by atoms with Crippen molar-refractivity contribution in [2.24, 2.45) is 5.92 Å². The monoisotopic (exact) mass is 485 g/mol. The maximum atomic E-state index is 12.8. The molecule has 1 heterocycles. The van der Waals surface area contributed by atoms with Crippen molar-refractivity contribution in [2.75, 3.05) is 39.3 Å². The van der Waals surface area contributed by atoms with Crippen molar-refractivity contribution in [3.05, 3.63) is 48.0 Å². The number of methoxy groups -OCH3 is 2. The van der Waals surface area contributed by atoms with Gasteiger partial charge in [-0.25, -0.2) is 0 Å². The normalized spacial score (nSPS) is 14.8. The van der Waals surface area contributed by atoms with E-state index in [1.165, 1.54) is 14.2 Å². The summed E-state index contributed by atoms with van der Waals surface area (Å²) in [4.78, 5) is 49.9. The Morgan fingerprint density at radius 3 is 2.31 bits per heavy atom. The van der Waals surface area contributed by atoms with E-state index >= 15 is 0 Å². The maximum Gasteiger partial charge on any atom is 0.311 e. The van der Waals surface area contributed by atoms with Crippen LogP contribution >= 0.6 is 0 Å². The number of nitrogens with zero attached hydrogens (tertiary/aromatic N) is 1. The number of anilines is 1. The third-order valence-electron chi connectivity index (χ3n) is 5.16. The number of amides is 3. The van der Waals surface area contributed by atoms with Crippen LogP contribution < -0.4 is 25.0 Å². The van der Waals surface area contributed by atoms with Crippen LogP contribution in [0.15, 0.2) is 42.5 Å². The number of hydrogen-bond acceptors (Lipinski definition) is 8. The summed E-state index contributed by atoms with van der Waals surface area (Å²) in [5, 5.41) is 3.67. The van der Waals surface area contributed by atoms with Gasteiger partial charge in [0.2, 0.25) is 5.91 Å².